The zero-order valence-corrected chi connectivity index (χ0v) is 10.6. The average Bonchev–Trinajstić information content (AvgIpc) is 3.02. The van der Waals surface area contributed by atoms with E-state index in [1.54, 1.807) is 13.2 Å². The molecule has 0 bridgehead atoms. The number of nitrogens with zero attached hydrogens (tertiary/aromatic N) is 4. The second kappa shape index (κ2) is 4.51. The summed E-state index contributed by atoms with van der Waals surface area (Å²) in [4.78, 5) is 12.2. The lowest BCUT2D eigenvalue weighted by molar-refractivity contribution is 0.102. The lowest BCUT2D eigenvalue weighted by Crippen LogP contribution is -2.13. The van der Waals surface area contributed by atoms with E-state index in [1.807, 2.05) is 30.3 Å². The van der Waals surface area contributed by atoms with Gasteiger partial charge in [-0.1, -0.05) is 18.2 Å². The molecular formula is C13H10N6O. The number of fused-ring (bicyclic) bond motifs is 1. The van der Waals surface area contributed by atoms with E-state index >= 15 is 0 Å². The fourth-order valence-electron chi connectivity index (χ4n) is 1.98. The summed E-state index contributed by atoms with van der Waals surface area (Å²) in [5.74, 6) is -0.382. The van der Waals surface area contributed by atoms with E-state index in [-0.39, 0.29) is 17.3 Å². The number of anilines is 1. The van der Waals surface area contributed by atoms with E-state index in [1.165, 1.54) is 4.68 Å². The molecule has 7 nitrogen and oxygen atoms in total. The van der Waals surface area contributed by atoms with Crippen LogP contribution in [0.3, 0.4) is 0 Å². The molecule has 98 valence electrons. The summed E-state index contributed by atoms with van der Waals surface area (Å²) >= 11 is 0. The fourth-order valence-corrected chi connectivity index (χ4v) is 1.98. The summed E-state index contributed by atoms with van der Waals surface area (Å²) in [5.41, 5.74) is 1.60. The zero-order chi connectivity index (χ0) is 14.1. The van der Waals surface area contributed by atoms with E-state index in [2.05, 4.69) is 20.6 Å². The van der Waals surface area contributed by atoms with Crippen molar-refractivity contribution >= 4 is 22.5 Å². The number of carbonyl (C=O) groups is 1. The van der Waals surface area contributed by atoms with Crippen LogP contribution in [0.4, 0.5) is 5.69 Å². The molecule has 0 unspecified atom stereocenters. The van der Waals surface area contributed by atoms with Crippen molar-refractivity contribution in [1.82, 2.24) is 20.0 Å². The molecule has 0 aliphatic heterocycles. The van der Waals surface area contributed by atoms with Gasteiger partial charge in [-0.15, -0.1) is 0 Å². The van der Waals surface area contributed by atoms with Crippen molar-refractivity contribution < 1.29 is 4.79 Å². The van der Waals surface area contributed by atoms with E-state index in [4.69, 9.17) is 5.26 Å². The van der Waals surface area contributed by atoms with Gasteiger partial charge in [0.25, 0.3) is 5.91 Å². The summed E-state index contributed by atoms with van der Waals surface area (Å²) in [7, 11) is 1.68. The van der Waals surface area contributed by atoms with Crippen LogP contribution in [0.1, 0.15) is 16.2 Å². The summed E-state index contributed by atoms with van der Waals surface area (Å²) in [5, 5.41) is 23.1. The highest BCUT2D eigenvalue weighted by atomic mass is 16.2. The molecule has 20 heavy (non-hydrogen) atoms. The number of nitrogens with one attached hydrogen (secondary N) is 2. The van der Waals surface area contributed by atoms with E-state index in [0.29, 0.717) is 5.69 Å². The van der Waals surface area contributed by atoms with Gasteiger partial charge in [0.1, 0.15) is 6.07 Å². The number of aryl methyl sites for hydroxylation is 1. The number of carbonyl (C=O) groups excluding carboxylic acids is 1. The number of nitriles is 1. The number of aromatic nitrogens is 4. The van der Waals surface area contributed by atoms with Gasteiger partial charge in [0, 0.05) is 18.6 Å². The Morgan fingerprint density at radius 2 is 2.25 bits per heavy atom. The van der Waals surface area contributed by atoms with Crippen LogP contribution in [0.2, 0.25) is 0 Å². The largest absolute Gasteiger partial charge is 0.317 e. The van der Waals surface area contributed by atoms with Crippen molar-refractivity contribution in [1.29, 1.82) is 5.26 Å². The molecule has 0 aliphatic carbocycles. The molecule has 3 aromatic rings. The number of amides is 1. The molecule has 1 amide bonds. The molecule has 0 radical (unpaired) electrons. The van der Waals surface area contributed by atoms with Gasteiger partial charge in [-0.3, -0.25) is 14.6 Å². The molecule has 0 atom stereocenters. The van der Waals surface area contributed by atoms with Gasteiger partial charge in [0.2, 0.25) is 0 Å². The monoisotopic (exact) mass is 266 g/mol. The minimum absolute atomic E-state index is 0.167. The predicted molar refractivity (Wildman–Crippen MR) is 72.0 cm³/mol. The van der Waals surface area contributed by atoms with Gasteiger partial charge < -0.3 is 5.32 Å². The van der Waals surface area contributed by atoms with E-state index in [9.17, 15) is 4.79 Å². The SMILES string of the molecule is Cn1cc(NC(=O)c2n[nH]c3ccccc23)c(C#N)n1. The molecule has 0 saturated carbocycles. The Morgan fingerprint density at radius 3 is 3.05 bits per heavy atom. The van der Waals surface area contributed by atoms with Gasteiger partial charge in [-0.25, -0.2) is 0 Å². The minimum atomic E-state index is -0.382. The van der Waals surface area contributed by atoms with Crippen LogP contribution in [0.5, 0.6) is 0 Å². The first-order chi connectivity index (χ1) is 9.69. The first-order valence-electron chi connectivity index (χ1n) is 5.87. The maximum atomic E-state index is 12.2. The van der Waals surface area contributed by atoms with E-state index in [0.717, 1.165) is 10.9 Å². The van der Waals surface area contributed by atoms with Gasteiger partial charge in [0.15, 0.2) is 11.4 Å². The third kappa shape index (κ3) is 1.89. The Labute approximate surface area is 113 Å². The van der Waals surface area contributed by atoms with Crippen molar-refractivity contribution in [3.05, 3.63) is 41.9 Å². The summed E-state index contributed by atoms with van der Waals surface area (Å²) in [6.07, 6.45) is 1.57. The van der Waals surface area contributed by atoms with Crippen LogP contribution < -0.4 is 5.32 Å². The van der Waals surface area contributed by atoms with Crippen molar-refractivity contribution in [3.63, 3.8) is 0 Å². The highest BCUT2D eigenvalue weighted by Gasteiger charge is 2.16. The Hall–Kier alpha value is -3.14. The first kappa shape index (κ1) is 11.9. The van der Waals surface area contributed by atoms with Gasteiger partial charge in [0.05, 0.1) is 11.2 Å². The third-order valence-corrected chi connectivity index (χ3v) is 2.87. The number of hydrogen-bond acceptors (Lipinski definition) is 4. The van der Waals surface area contributed by atoms with Gasteiger partial charge in [-0.2, -0.15) is 15.5 Å². The molecule has 0 saturated heterocycles. The lowest BCUT2D eigenvalue weighted by atomic mass is 10.2. The van der Waals surface area contributed by atoms with Crippen LogP contribution >= 0.6 is 0 Å². The Balaban J connectivity index is 1.95. The van der Waals surface area contributed by atoms with Crippen LogP contribution in [0, 0.1) is 11.3 Å². The fraction of sp³-hybridized carbons (Fsp3) is 0.0769. The summed E-state index contributed by atoms with van der Waals surface area (Å²) < 4.78 is 1.47. The molecule has 3 rings (SSSR count). The molecule has 0 fully saturated rings. The number of H-pyrrole nitrogens is 1. The maximum Gasteiger partial charge on any atom is 0.276 e. The van der Waals surface area contributed by atoms with Crippen molar-refractivity contribution in [2.75, 3.05) is 5.32 Å². The molecule has 0 spiro atoms. The standard InChI is InChI=1S/C13H10N6O/c1-19-7-11(10(6-14)18-19)15-13(20)12-8-4-2-3-5-9(8)16-17-12/h2-5,7H,1H3,(H,15,20)(H,16,17). The topological polar surface area (TPSA) is 99.4 Å². The molecule has 2 N–H and O–H groups in total. The Morgan fingerprint density at radius 1 is 1.45 bits per heavy atom. The second-order valence-electron chi connectivity index (χ2n) is 4.25. The molecule has 2 heterocycles. The molecular weight excluding hydrogens is 256 g/mol. The first-order valence-corrected chi connectivity index (χ1v) is 5.87. The van der Waals surface area contributed by atoms with Crippen LogP contribution in [-0.4, -0.2) is 25.9 Å². The highest BCUT2D eigenvalue weighted by Crippen LogP contribution is 2.18. The van der Waals surface area contributed by atoms with Crippen LogP contribution in [-0.2, 0) is 7.05 Å². The summed E-state index contributed by atoms with van der Waals surface area (Å²) in [6.45, 7) is 0. The highest BCUT2D eigenvalue weighted by molar-refractivity contribution is 6.11. The summed E-state index contributed by atoms with van der Waals surface area (Å²) in [6, 6.07) is 9.27. The average molecular weight is 266 g/mol. The number of rotatable bonds is 2. The van der Waals surface area contributed by atoms with Gasteiger partial charge in [-0.05, 0) is 6.07 Å². The van der Waals surface area contributed by atoms with Crippen LogP contribution in [0.25, 0.3) is 10.9 Å². The molecule has 0 aliphatic rings. The van der Waals surface area contributed by atoms with E-state index < -0.39 is 0 Å². The van der Waals surface area contributed by atoms with Crippen LogP contribution in [0.15, 0.2) is 30.5 Å². The quantitative estimate of drug-likeness (QED) is 0.732. The number of aromatic amines is 1. The molecule has 1 aromatic carbocycles. The Bertz CT molecular complexity index is 838. The third-order valence-electron chi connectivity index (χ3n) is 2.87. The Kier molecular flexibility index (Phi) is 2.69. The number of benzene rings is 1. The van der Waals surface area contributed by atoms with Gasteiger partial charge >= 0.3 is 0 Å². The molecule has 7 heteroatoms. The minimum Gasteiger partial charge on any atom is -0.317 e. The molecule has 2 aromatic heterocycles. The van der Waals surface area contributed by atoms with Crippen molar-refractivity contribution in [2.45, 2.75) is 0 Å². The smallest absolute Gasteiger partial charge is 0.276 e. The number of para-hydroxylation sites is 1. The van der Waals surface area contributed by atoms with Crippen molar-refractivity contribution in [2.24, 2.45) is 7.05 Å². The lowest BCUT2D eigenvalue weighted by Gasteiger charge is -2.00. The second-order valence-corrected chi connectivity index (χ2v) is 4.25. The maximum absolute atomic E-state index is 12.2. The predicted octanol–water partition coefficient (Wildman–Crippen LogP) is 1.42. The van der Waals surface area contributed by atoms with Crippen molar-refractivity contribution in [3.8, 4) is 6.07 Å². The normalized spacial score (nSPS) is 10.4. The number of hydrogen-bond donors (Lipinski definition) is 2. The zero-order valence-electron chi connectivity index (χ0n) is 10.6.